The summed E-state index contributed by atoms with van der Waals surface area (Å²) in [7, 11) is 0. The molecule has 10 heteroatoms. The van der Waals surface area contributed by atoms with Gasteiger partial charge in [-0.3, -0.25) is 14.9 Å². The number of hydrogen-bond donors (Lipinski definition) is 4. The van der Waals surface area contributed by atoms with Gasteiger partial charge in [-0.05, 0) is 67.9 Å². The van der Waals surface area contributed by atoms with E-state index >= 15 is 4.39 Å². The first-order valence-electron chi connectivity index (χ1n) is 13.2. The minimum atomic E-state index is -1.31. The molecular formula is C28H30Cl2FN3O4. The Balaban J connectivity index is 1.53. The van der Waals surface area contributed by atoms with Gasteiger partial charge < -0.3 is 20.5 Å². The SMILES string of the molecule is O=C(NC1CCC(O)CC1)C1NC2(CCOCC2)C2(C(=O)Nc3cc(Cl)ccc32)C1c1cccc(Cl)c1F. The molecule has 2 saturated heterocycles. The van der Waals surface area contributed by atoms with Crippen molar-refractivity contribution in [1.82, 2.24) is 10.6 Å². The quantitative estimate of drug-likeness (QED) is 0.453. The molecular weight excluding hydrogens is 532 g/mol. The molecule has 3 aliphatic heterocycles. The van der Waals surface area contributed by atoms with Gasteiger partial charge in [0.05, 0.1) is 17.2 Å². The summed E-state index contributed by atoms with van der Waals surface area (Å²) in [5, 5.41) is 20.0. The van der Waals surface area contributed by atoms with Crippen LogP contribution < -0.4 is 16.0 Å². The van der Waals surface area contributed by atoms with E-state index in [-0.39, 0.29) is 34.5 Å². The summed E-state index contributed by atoms with van der Waals surface area (Å²) >= 11 is 12.6. The van der Waals surface area contributed by atoms with Crippen molar-refractivity contribution in [2.45, 2.75) is 73.6 Å². The van der Waals surface area contributed by atoms with Crippen LogP contribution in [-0.2, 0) is 19.7 Å². The number of aliphatic hydroxyl groups excluding tert-OH is 1. The molecule has 202 valence electrons. The maximum absolute atomic E-state index is 15.9. The van der Waals surface area contributed by atoms with Crippen molar-refractivity contribution in [3.63, 3.8) is 0 Å². The summed E-state index contributed by atoms with van der Waals surface area (Å²) in [6, 6.07) is 8.94. The lowest BCUT2D eigenvalue weighted by Gasteiger charge is -2.46. The summed E-state index contributed by atoms with van der Waals surface area (Å²) in [4.78, 5) is 28.3. The summed E-state index contributed by atoms with van der Waals surface area (Å²) < 4.78 is 21.6. The van der Waals surface area contributed by atoms with E-state index in [0.29, 0.717) is 68.0 Å². The van der Waals surface area contributed by atoms with Crippen LogP contribution in [0.1, 0.15) is 55.6 Å². The summed E-state index contributed by atoms with van der Waals surface area (Å²) in [5.41, 5.74) is -0.733. The van der Waals surface area contributed by atoms with E-state index in [1.165, 1.54) is 6.07 Å². The zero-order valence-corrected chi connectivity index (χ0v) is 22.2. The lowest BCUT2D eigenvalue weighted by atomic mass is 9.57. The van der Waals surface area contributed by atoms with E-state index in [1.54, 1.807) is 24.3 Å². The van der Waals surface area contributed by atoms with Gasteiger partial charge in [-0.1, -0.05) is 41.4 Å². The molecule has 3 heterocycles. The number of benzene rings is 2. The van der Waals surface area contributed by atoms with Crippen LogP contribution >= 0.6 is 23.2 Å². The number of ether oxygens (including phenoxy) is 1. The molecule has 3 unspecified atom stereocenters. The third kappa shape index (κ3) is 3.87. The number of halogens is 3. The largest absolute Gasteiger partial charge is 0.393 e. The van der Waals surface area contributed by atoms with Gasteiger partial charge >= 0.3 is 0 Å². The van der Waals surface area contributed by atoms with Crippen LogP contribution in [0, 0.1) is 5.82 Å². The molecule has 0 radical (unpaired) electrons. The molecule has 4 aliphatic rings. The molecule has 1 saturated carbocycles. The van der Waals surface area contributed by atoms with Crippen molar-refractivity contribution >= 4 is 40.7 Å². The molecule has 3 fully saturated rings. The van der Waals surface area contributed by atoms with Gasteiger partial charge in [-0.2, -0.15) is 0 Å². The fourth-order valence-corrected chi connectivity index (χ4v) is 7.65. The summed E-state index contributed by atoms with van der Waals surface area (Å²) in [6.45, 7) is 0.787. The average Bonchev–Trinajstić information content (AvgIpc) is 3.35. The molecule has 3 atom stereocenters. The predicted octanol–water partition coefficient (Wildman–Crippen LogP) is 4.05. The van der Waals surface area contributed by atoms with Crippen LogP contribution in [0.25, 0.3) is 0 Å². The molecule has 2 aromatic rings. The lowest BCUT2D eigenvalue weighted by Crippen LogP contribution is -2.62. The first-order chi connectivity index (χ1) is 18.3. The lowest BCUT2D eigenvalue weighted by molar-refractivity contribution is -0.125. The van der Waals surface area contributed by atoms with Crippen molar-refractivity contribution in [1.29, 1.82) is 0 Å². The van der Waals surface area contributed by atoms with E-state index in [4.69, 9.17) is 27.9 Å². The van der Waals surface area contributed by atoms with Crippen LogP contribution in [0.15, 0.2) is 36.4 Å². The Morgan fingerprint density at radius 2 is 1.84 bits per heavy atom. The topological polar surface area (TPSA) is 99.7 Å². The second kappa shape index (κ2) is 9.75. The Bertz CT molecular complexity index is 1280. The number of anilines is 1. The highest BCUT2D eigenvalue weighted by Gasteiger charge is 2.72. The zero-order chi connectivity index (χ0) is 26.7. The fraction of sp³-hybridized carbons (Fsp3) is 0.500. The monoisotopic (exact) mass is 561 g/mol. The van der Waals surface area contributed by atoms with E-state index in [9.17, 15) is 14.7 Å². The highest BCUT2D eigenvalue weighted by molar-refractivity contribution is 6.31. The maximum atomic E-state index is 15.9. The molecule has 2 amide bonds. The summed E-state index contributed by atoms with van der Waals surface area (Å²) in [6.07, 6.45) is 3.08. The number of carbonyl (C=O) groups excluding carboxylic acids is 2. The smallest absolute Gasteiger partial charge is 0.238 e. The number of aliphatic hydroxyl groups is 1. The van der Waals surface area contributed by atoms with Crippen LogP contribution in [0.2, 0.25) is 10.0 Å². The Labute approximate surface area is 230 Å². The Morgan fingerprint density at radius 1 is 1.11 bits per heavy atom. The predicted molar refractivity (Wildman–Crippen MR) is 142 cm³/mol. The van der Waals surface area contributed by atoms with Gasteiger partial charge in [0, 0.05) is 41.4 Å². The van der Waals surface area contributed by atoms with Crippen LogP contribution in [0.4, 0.5) is 10.1 Å². The highest BCUT2D eigenvalue weighted by Crippen LogP contribution is 2.61. The number of amides is 2. The van der Waals surface area contributed by atoms with Crippen molar-refractivity contribution in [2.24, 2.45) is 0 Å². The second-order valence-corrected chi connectivity index (χ2v) is 11.7. The Hall–Kier alpha value is -2.23. The van der Waals surface area contributed by atoms with Gasteiger partial charge in [0.2, 0.25) is 11.8 Å². The second-order valence-electron chi connectivity index (χ2n) is 10.9. The molecule has 0 aromatic heterocycles. The minimum Gasteiger partial charge on any atom is -0.393 e. The Morgan fingerprint density at radius 3 is 2.58 bits per heavy atom. The van der Waals surface area contributed by atoms with Crippen molar-refractivity contribution in [2.75, 3.05) is 18.5 Å². The molecule has 7 nitrogen and oxygen atoms in total. The van der Waals surface area contributed by atoms with Gasteiger partial charge in [0.25, 0.3) is 0 Å². The molecule has 0 bridgehead atoms. The number of hydrogen-bond acceptors (Lipinski definition) is 5. The number of carbonyl (C=O) groups is 2. The van der Waals surface area contributed by atoms with Gasteiger partial charge in [0.1, 0.15) is 11.2 Å². The standard InChI is InChI=1S/C28H30Cl2FN3O4/c29-15-4-9-19-21(14-15)33-26(37)28(19)22(18-2-1-3-20(30)23(18)31)24(34-27(28)10-12-38-13-11-27)25(36)32-16-5-7-17(35)8-6-16/h1-4,9,14,16-17,22,24,34-35H,5-8,10-13H2,(H,32,36)(H,33,37). The van der Waals surface area contributed by atoms with E-state index in [1.807, 2.05) is 6.07 Å². The molecule has 2 aromatic carbocycles. The molecule has 6 rings (SSSR count). The van der Waals surface area contributed by atoms with Crippen molar-refractivity contribution in [3.05, 3.63) is 63.4 Å². The highest BCUT2D eigenvalue weighted by atomic mass is 35.5. The number of rotatable bonds is 3. The molecule has 2 spiro atoms. The van der Waals surface area contributed by atoms with E-state index in [2.05, 4.69) is 16.0 Å². The molecule has 4 N–H and O–H groups in total. The first kappa shape index (κ1) is 26.0. The Kier molecular flexibility index (Phi) is 6.68. The fourth-order valence-electron chi connectivity index (χ4n) is 7.29. The number of fused-ring (bicyclic) bond motifs is 3. The zero-order valence-electron chi connectivity index (χ0n) is 20.7. The normalized spacial score (nSPS) is 31.8. The minimum absolute atomic E-state index is 0.0688. The summed E-state index contributed by atoms with van der Waals surface area (Å²) in [5.74, 6) is -2.13. The van der Waals surface area contributed by atoms with Gasteiger partial charge in [-0.25, -0.2) is 4.39 Å². The molecule has 38 heavy (non-hydrogen) atoms. The van der Waals surface area contributed by atoms with Gasteiger partial charge in [0.15, 0.2) is 0 Å². The maximum Gasteiger partial charge on any atom is 0.238 e. The van der Waals surface area contributed by atoms with Crippen LogP contribution in [0.5, 0.6) is 0 Å². The first-order valence-corrected chi connectivity index (χ1v) is 13.9. The van der Waals surface area contributed by atoms with Crippen LogP contribution in [0.3, 0.4) is 0 Å². The molecule has 1 aliphatic carbocycles. The van der Waals surface area contributed by atoms with E-state index < -0.39 is 28.7 Å². The third-order valence-electron chi connectivity index (χ3n) is 8.99. The van der Waals surface area contributed by atoms with Crippen molar-refractivity contribution < 1.29 is 23.8 Å². The van der Waals surface area contributed by atoms with Crippen LogP contribution in [-0.4, -0.2) is 53.9 Å². The number of nitrogens with one attached hydrogen (secondary N) is 3. The third-order valence-corrected chi connectivity index (χ3v) is 9.51. The van der Waals surface area contributed by atoms with Crippen molar-refractivity contribution in [3.8, 4) is 0 Å². The van der Waals surface area contributed by atoms with Gasteiger partial charge in [-0.15, -0.1) is 0 Å². The van der Waals surface area contributed by atoms with E-state index in [0.717, 1.165) is 0 Å². The average molecular weight is 562 g/mol.